The molecule has 0 aliphatic carbocycles. The quantitative estimate of drug-likeness (QED) is 0.635. The lowest BCUT2D eigenvalue weighted by Gasteiger charge is -2.17. The van der Waals surface area contributed by atoms with E-state index in [2.05, 4.69) is 14.7 Å². The number of methoxy groups -OCH3 is 1. The van der Waals surface area contributed by atoms with E-state index < -0.39 is 0 Å². The molecule has 0 saturated heterocycles. The minimum absolute atomic E-state index is 0.111. The number of aromatic amines is 1. The number of carbonyl (C=O) groups excluding carboxylic acids is 1. The van der Waals surface area contributed by atoms with Crippen molar-refractivity contribution in [1.82, 2.24) is 14.9 Å². The number of nitrogens with one attached hydrogen (secondary N) is 1. The zero-order chi connectivity index (χ0) is 12.4. The van der Waals surface area contributed by atoms with Gasteiger partial charge in [-0.3, -0.25) is 9.78 Å². The lowest BCUT2D eigenvalue weighted by Crippen LogP contribution is -2.33. The van der Waals surface area contributed by atoms with E-state index in [0.29, 0.717) is 37.2 Å². The number of nitrogen functional groups attached to an aromatic ring is 1. The lowest BCUT2D eigenvalue weighted by molar-refractivity contribution is 0.125. The Kier molecular flexibility index (Phi) is 2.99. The summed E-state index contributed by atoms with van der Waals surface area (Å²) < 4.78 is 4.65. The summed E-state index contributed by atoms with van der Waals surface area (Å²) in [4.78, 5) is 31.2. The van der Waals surface area contributed by atoms with Crippen molar-refractivity contribution in [2.75, 3.05) is 25.9 Å². The highest BCUT2D eigenvalue weighted by Gasteiger charge is 2.21. The second kappa shape index (κ2) is 4.44. The highest BCUT2D eigenvalue weighted by Crippen LogP contribution is 2.11. The Balaban J connectivity index is 2.27. The first-order valence-electron chi connectivity index (χ1n) is 5.32. The number of hydrogen-bond donors (Lipinski definition) is 2. The highest BCUT2D eigenvalue weighted by atomic mass is 16.5. The van der Waals surface area contributed by atoms with E-state index in [1.54, 1.807) is 4.90 Å². The SMILES string of the molecule is COC(=O)N1CCc2nc(N)[nH]c(=O)c2CC1. The van der Waals surface area contributed by atoms with Crippen LogP contribution in [0.5, 0.6) is 0 Å². The van der Waals surface area contributed by atoms with Crippen LogP contribution in [0.25, 0.3) is 0 Å². The van der Waals surface area contributed by atoms with Gasteiger partial charge in [-0.05, 0) is 6.42 Å². The lowest BCUT2D eigenvalue weighted by atomic mass is 10.1. The van der Waals surface area contributed by atoms with Crippen molar-refractivity contribution in [3.05, 3.63) is 21.6 Å². The number of anilines is 1. The second-order valence-corrected chi connectivity index (χ2v) is 3.83. The van der Waals surface area contributed by atoms with Crippen molar-refractivity contribution in [3.8, 4) is 0 Å². The molecule has 0 radical (unpaired) electrons. The molecule has 0 atom stereocenters. The molecule has 7 heteroatoms. The maximum atomic E-state index is 11.7. The van der Waals surface area contributed by atoms with Crippen LogP contribution < -0.4 is 11.3 Å². The summed E-state index contributed by atoms with van der Waals surface area (Å²) >= 11 is 0. The normalized spacial score (nSPS) is 15.0. The molecule has 1 aromatic rings. The number of fused-ring (bicyclic) bond motifs is 1. The van der Waals surface area contributed by atoms with Crippen molar-refractivity contribution in [1.29, 1.82) is 0 Å². The fraction of sp³-hybridized carbons (Fsp3) is 0.500. The number of nitrogens with two attached hydrogens (primary N) is 1. The summed E-state index contributed by atoms with van der Waals surface area (Å²) in [6, 6.07) is 0. The van der Waals surface area contributed by atoms with Gasteiger partial charge in [0.15, 0.2) is 0 Å². The summed E-state index contributed by atoms with van der Waals surface area (Å²) in [6.07, 6.45) is 0.591. The molecule has 1 aromatic heterocycles. The number of H-pyrrole nitrogens is 1. The Hall–Kier alpha value is -2.05. The Labute approximate surface area is 97.6 Å². The number of aromatic nitrogens is 2. The molecule has 2 rings (SSSR count). The molecule has 0 fully saturated rings. The van der Waals surface area contributed by atoms with Gasteiger partial charge in [-0.2, -0.15) is 0 Å². The van der Waals surface area contributed by atoms with Crippen LogP contribution in [-0.2, 0) is 17.6 Å². The highest BCUT2D eigenvalue weighted by molar-refractivity contribution is 5.67. The van der Waals surface area contributed by atoms with Crippen LogP contribution in [0, 0.1) is 0 Å². The molecule has 7 nitrogen and oxygen atoms in total. The van der Waals surface area contributed by atoms with E-state index >= 15 is 0 Å². The molecule has 0 bridgehead atoms. The van der Waals surface area contributed by atoms with Crippen molar-refractivity contribution < 1.29 is 9.53 Å². The van der Waals surface area contributed by atoms with Crippen LogP contribution in [0.1, 0.15) is 11.3 Å². The Morgan fingerprint density at radius 2 is 2.18 bits per heavy atom. The van der Waals surface area contributed by atoms with Gasteiger partial charge in [0.2, 0.25) is 5.95 Å². The maximum absolute atomic E-state index is 11.7. The minimum atomic E-state index is -0.387. The summed E-state index contributed by atoms with van der Waals surface area (Å²) in [6.45, 7) is 0.934. The van der Waals surface area contributed by atoms with Gasteiger partial charge in [-0.15, -0.1) is 0 Å². The van der Waals surface area contributed by atoms with Crippen molar-refractivity contribution in [2.45, 2.75) is 12.8 Å². The molecule has 0 unspecified atom stereocenters. The van der Waals surface area contributed by atoms with Gasteiger partial charge < -0.3 is 15.4 Å². The van der Waals surface area contributed by atoms with E-state index in [1.165, 1.54) is 7.11 Å². The summed E-state index contributed by atoms with van der Waals surface area (Å²) in [5.41, 5.74) is 6.53. The van der Waals surface area contributed by atoms with E-state index in [9.17, 15) is 9.59 Å². The standard InChI is InChI=1S/C10H14N4O3/c1-17-10(16)14-4-2-6-7(3-5-14)12-9(11)13-8(6)15/h2-5H2,1H3,(H3,11,12,13,15). The van der Waals surface area contributed by atoms with Gasteiger partial charge in [0.05, 0.1) is 12.8 Å². The molecular formula is C10H14N4O3. The van der Waals surface area contributed by atoms with E-state index in [-0.39, 0.29) is 17.6 Å². The van der Waals surface area contributed by atoms with Crippen molar-refractivity contribution in [2.24, 2.45) is 0 Å². The fourth-order valence-corrected chi connectivity index (χ4v) is 1.94. The first kappa shape index (κ1) is 11.4. The van der Waals surface area contributed by atoms with Crippen LogP contribution in [0.15, 0.2) is 4.79 Å². The molecule has 1 aliphatic rings. The van der Waals surface area contributed by atoms with Gasteiger partial charge in [0.25, 0.3) is 5.56 Å². The number of hydrogen-bond acceptors (Lipinski definition) is 5. The average Bonchev–Trinajstić information content (AvgIpc) is 2.50. The Morgan fingerprint density at radius 3 is 2.88 bits per heavy atom. The van der Waals surface area contributed by atoms with Crippen LogP contribution >= 0.6 is 0 Å². The van der Waals surface area contributed by atoms with Crippen molar-refractivity contribution in [3.63, 3.8) is 0 Å². The van der Waals surface area contributed by atoms with Crippen LogP contribution in [-0.4, -0.2) is 41.2 Å². The molecule has 2 heterocycles. The molecule has 0 aromatic carbocycles. The Morgan fingerprint density at radius 1 is 1.47 bits per heavy atom. The zero-order valence-corrected chi connectivity index (χ0v) is 9.52. The first-order chi connectivity index (χ1) is 8.11. The van der Waals surface area contributed by atoms with Gasteiger partial charge in [0.1, 0.15) is 0 Å². The predicted molar refractivity (Wildman–Crippen MR) is 60.7 cm³/mol. The van der Waals surface area contributed by atoms with Crippen molar-refractivity contribution >= 4 is 12.0 Å². The third-order valence-electron chi connectivity index (χ3n) is 2.80. The number of rotatable bonds is 0. The average molecular weight is 238 g/mol. The monoisotopic (exact) mass is 238 g/mol. The topological polar surface area (TPSA) is 101 Å². The molecule has 3 N–H and O–H groups in total. The number of carbonyl (C=O) groups is 1. The third kappa shape index (κ3) is 2.22. The largest absolute Gasteiger partial charge is 0.453 e. The zero-order valence-electron chi connectivity index (χ0n) is 9.52. The second-order valence-electron chi connectivity index (χ2n) is 3.83. The van der Waals surface area contributed by atoms with E-state index in [1.807, 2.05) is 0 Å². The minimum Gasteiger partial charge on any atom is -0.453 e. The van der Waals surface area contributed by atoms with Crippen LogP contribution in [0.4, 0.5) is 10.7 Å². The first-order valence-corrected chi connectivity index (χ1v) is 5.32. The summed E-state index contributed by atoms with van der Waals surface area (Å²) in [7, 11) is 1.34. The number of ether oxygens (including phenoxy) is 1. The molecule has 17 heavy (non-hydrogen) atoms. The van der Waals surface area contributed by atoms with Gasteiger partial charge in [0, 0.05) is 25.1 Å². The fourth-order valence-electron chi connectivity index (χ4n) is 1.94. The molecule has 0 spiro atoms. The summed E-state index contributed by atoms with van der Waals surface area (Å²) in [5.74, 6) is 0.111. The number of amides is 1. The van der Waals surface area contributed by atoms with E-state index in [4.69, 9.17) is 5.73 Å². The van der Waals surface area contributed by atoms with Crippen LogP contribution in [0.3, 0.4) is 0 Å². The van der Waals surface area contributed by atoms with Gasteiger partial charge in [-0.1, -0.05) is 0 Å². The van der Waals surface area contributed by atoms with Gasteiger partial charge >= 0.3 is 6.09 Å². The molecule has 1 aliphatic heterocycles. The maximum Gasteiger partial charge on any atom is 0.409 e. The summed E-state index contributed by atoms with van der Waals surface area (Å²) in [5, 5.41) is 0. The van der Waals surface area contributed by atoms with Crippen LogP contribution in [0.2, 0.25) is 0 Å². The number of nitrogens with zero attached hydrogens (tertiary/aromatic N) is 2. The molecular weight excluding hydrogens is 224 g/mol. The van der Waals surface area contributed by atoms with E-state index in [0.717, 1.165) is 0 Å². The molecule has 92 valence electrons. The molecule has 0 saturated carbocycles. The smallest absolute Gasteiger partial charge is 0.409 e. The predicted octanol–water partition coefficient (Wildman–Crippen LogP) is -0.481. The van der Waals surface area contributed by atoms with Gasteiger partial charge in [-0.25, -0.2) is 9.78 Å². The molecule has 1 amide bonds. The third-order valence-corrected chi connectivity index (χ3v) is 2.80. The Bertz CT molecular complexity index is 497.